The number of carbonyl (C=O) groups is 1. The van der Waals surface area contributed by atoms with Crippen molar-refractivity contribution in [2.24, 2.45) is 5.41 Å². The maximum Gasteiger partial charge on any atom is 0.179 e. The van der Waals surface area contributed by atoms with Crippen LogP contribution in [0, 0.1) is 5.41 Å². The zero-order valence-corrected chi connectivity index (χ0v) is 14.5. The fourth-order valence-corrected chi connectivity index (χ4v) is 4.30. The molecule has 5 heteroatoms. The molecular weight excluding hydrogens is 313 g/mol. The van der Waals surface area contributed by atoms with Gasteiger partial charge in [-0.1, -0.05) is 37.0 Å². The van der Waals surface area contributed by atoms with Crippen LogP contribution in [0.15, 0.2) is 6.07 Å². The minimum absolute atomic E-state index is 0.0606. The van der Waals surface area contributed by atoms with Crippen molar-refractivity contribution in [3.05, 3.63) is 20.3 Å². The molecule has 20 heavy (non-hydrogen) atoms. The van der Waals surface area contributed by atoms with E-state index < -0.39 is 0 Å². The number of halogens is 2. The quantitative estimate of drug-likeness (QED) is 0.711. The van der Waals surface area contributed by atoms with Gasteiger partial charge in [0.25, 0.3) is 0 Å². The second-order valence-corrected chi connectivity index (χ2v) is 8.76. The van der Waals surface area contributed by atoms with E-state index in [4.69, 9.17) is 23.2 Å². The molecule has 0 saturated heterocycles. The van der Waals surface area contributed by atoms with E-state index in [1.165, 1.54) is 24.2 Å². The molecule has 1 aromatic heterocycles. The lowest BCUT2D eigenvalue weighted by atomic mass is 9.75. The topological polar surface area (TPSA) is 20.3 Å². The molecule has 0 bridgehead atoms. The normalized spacial score (nSPS) is 19.5. The molecule has 1 aliphatic carbocycles. The molecule has 0 unspecified atom stereocenters. The minimum atomic E-state index is 0.0606. The number of hydrogen-bond donors (Lipinski definition) is 0. The van der Waals surface area contributed by atoms with Crippen molar-refractivity contribution in [1.29, 1.82) is 0 Å². The molecule has 1 fully saturated rings. The number of ketones is 1. The second kappa shape index (κ2) is 6.35. The number of Topliss-reactive ketones (excluding diaryl/α,β-unsaturated/α-hetero) is 1. The van der Waals surface area contributed by atoms with E-state index in [0.29, 0.717) is 32.2 Å². The van der Waals surface area contributed by atoms with Crippen LogP contribution in [0.1, 0.15) is 49.9 Å². The number of carbonyl (C=O) groups excluding carboxylic acids is 1. The summed E-state index contributed by atoms with van der Waals surface area (Å²) in [5.74, 6) is 0.0606. The molecule has 1 aliphatic rings. The van der Waals surface area contributed by atoms with Crippen molar-refractivity contribution in [3.63, 3.8) is 0 Å². The zero-order valence-electron chi connectivity index (χ0n) is 12.2. The summed E-state index contributed by atoms with van der Waals surface area (Å²) in [7, 11) is 2.03. The Morgan fingerprint density at radius 3 is 2.50 bits per heavy atom. The van der Waals surface area contributed by atoms with Gasteiger partial charge in [-0.25, -0.2) is 0 Å². The van der Waals surface area contributed by atoms with Gasteiger partial charge in [0.1, 0.15) is 4.34 Å². The first-order chi connectivity index (χ1) is 9.28. The van der Waals surface area contributed by atoms with E-state index in [1.807, 2.05) is 7.05 Å². The number of nitrogens with zero attached hydrogens (tertiary/aromatic N) is 1. The molecule has 0 aliphatic heterocycles. The average Bonchev–Trinajstić information content (AvgIpc) is 2.68. The molecular formula is C15H21Cl2NOS. The highest BCUT2D eigenvalue weighted by Gasteiger charge is 2.29. The second-order valence-electron chi connectivity index (χ2n) is 6.47. The largest absolute Gasteiger partial charge is 0.296 e. The lowest BCUT2D eigenvalue weighted by Crippen LogP contribution is -2.39. The molecule has 0 spiro atoms. The summed E-state index contributed by atoms with van der Waals surface area (Å²) < 4.78 is 1.07. The van der Waals surface area contributed by atoms with Gasteiger partial charge >= 0.3 is 0 Å². The number of thiophene rings is 1. The van der Waals surface area contributed by atoms with Crippen molar-refractivity contribution in [2.75, 3.05) is 13.6 Å². The van der Waals surface area contributed by atoms with Crippen LogP contribution >= 0.6 is 34.5 Å². The van der Waals surface area contributed by atoms with Gasteiger partial charge in [0, 0.05) is 6.04 Å². The minimum Gasteiger partial charge on any atom is -0.296 e. The zero-order chi connectivity index (χ0) is 14.9. The van der Waals surface area contributed by atoms with Crippen LogP contribution in [0.4, 0.5) is 0 Å². The Balaban J connectivity index is 1.93. The van der Waals surface area contributed by atoms with Crippen molar-refractivity contribution in [2.45, 2.75) is 45.6 Å². The monoisotopic (exact) mass is 333 g/mol. The van der Waals surface area contributed by atoms with Crippen LogP contribution in [-0.2, 0) is 0 Å². The van der Waals surface area contributed by atoms with E-state index in [2.05, 4.69) is 18.7 Å². The van der Waals surface area contributed by atoms with E-state index >= 15 is 0 Å². The van der Waals surface area contributed by atoms with Gasteiger partial charge in [0.15, 0.2) is 5.78 Å². The van der Waals surface area contributed by atoms with Crippen molar-refractivity contribution in [1.82, 2.24) is 4.90 Å². The van der Waals surface area contributed by atoms with Gasteiger partial charge in [-0.2, -0.15) is 0 Å². The van der Waals surface area contributed by atoms with Gasteiger partial charge < -0.3 is 0 Å². The smallest absolute Gasteiger partial charge is 0.179 e. The van der Waals surface area contributed by atoms with Crippen molar-refractivity contribution < 1.29 is 4.79 Å². The summed E-state index contributed by atoms with van der Waals surface area (Å²) >= 11 is 13.2. The molecule has 112 valence electrons. The molecule has 0 amide bonds. The predicted octanol–water partition coefficient (Wildman–Crippen LogP) is 5.14. The third-order valence-corrected chi connectivity index (χ3v) is 5.77. The lowest BCUT2D eigenvalue weighted by Gasteiger charge is -2.38. The van der Waals surface area contributed by atoms with E-state index in [0.717, 1.165) is 12.8 Å². The summed E-state index contributed by atoms with van der Waals surface area (Å²) in [6.07, 6.45) is 4.77. The molecule has 1 aromatic rings. The maximum atomic E-state index is 12.3. The first-order valence-electron chi connectivity index (χ1n) is 6.97. The third-order valence-electron chi connectivity index (χ3n) is 4.28. The molecule has 1 saturated carbocycles. The Hall–Kier alpha value is -0.0900. The molecule has 2 rings (SSSR count). The van der Waals surface area contributed by atoms with Crippen LogP contribution < -0.4 is 0 Å². The Morgan fingerprint density at radius 1 is 1.40 bits per heavy atom. The fraction of sp³-hybridized carbons (Fsp3) is 0.667. The van der Waals surface area contributed by atoms with Crippen LogP contribution in [0.5, 0.6) is 0 Å². The van der Waals surface area contributed by atoms with Gasteiger partial charge in [0.05, 0.1) is 16.4 Å². The first-order valence-corrected chi connectivity index (χ1v) is 8.54. The Labute approximate surface area is 135 Å². The SMILES string of the molecule is CN(CC(=O)c1cc(Cl)sc1Cl)C1CCC(C)(C)CC1. The Bertz CT molecular complexity index is 488. The van der Waals surface area contributed by atoms with Crippen LogP contribution in [-0.4, -0.2) is 30.3 Å². The Kier molecular flexibility index (Phi) is 5.17. The highest BCUT2D eigenvalue weighted by atomic mass is 35.5. The van der Waals surface area contributed by atoms with Crippen LogP contribution in [0.3, 0.4) is 0 Å². The van der Waals surface area contributed by atoms with E-state index in [-0.39, 0.29) is 5.78 Å². The Morgan fingerprint density at radius 2 is 2.00 bits per heavy atom. The van der Waals surface area contributed by atoms with Crippen molar-refractivity contribution >= 4 is 40.3 Å². The number of likely N-dealkylation sites (N-methyl/N-ethyl adjacent to an activating group) is 1. The standard InChI is InChI=1S/C15H21Cl2NOS/c1-15(2)6-4-10(5-7-15)18(3)9-12(19)11-8-13(16)20-14(11)17/h8,10H,4-7,9H2,1-3H3. The average molecular weight is 334 g/mol. The van der Waals surface area contributed by atoms with Gasteiger partial charge in [-0.3, -0.25) is 9.69 Å². The van der Waals surface area contributed by atoms with Gasteiger partial charge in [-0.15, -0.1) is 11.3 Å². The van der Waals surface area contributed by atoms with Gasteiger partial charge in [-0.05, 0) is 44.2 Å². The number of hydrogen-bond acceptors (Lipinski definition) is 3. The number of rotatable bonds is 4. The van der Waals surface area contributed by atoms with E-state index in [9.17, 15) is 4.79 Å². The highest BCUT2D eigenvalue weighted by Crippen LogP contribution is 2.37. The molecule has 0 atom stereocenters. The molecule has 1 heterocycles. The first kappa shape index (κ1) is 16.3. The summed E-state index contributed by atoms with van der Waals surface area (Å²) in [5.41, 5.74) is 1.01. The van der Waals surface area contributed by atoms with E-state index in [1.54, 1.807) is 6.07 Å². The van der Waals surface area contributed by atoms with Gasteiger partial charge in [0.2, 0.25) is 0 Å². The van der Waals surface area contributed by atoms with Crippen molar-refractivity contribution in [3.8, 4) is 0 Å². The fourth-order valence-electron chi connectivity index (χ4n) is 2.80. The molecule has 2 nitrogen and oxygen atoms in total. The van der Waals surface area contributed by atoms with Crippen LogP contribution in [0.25, 0.3) is 0 Å². The summed E-state index contributed by atoms with van der Waals surface area (Å²) in [4.78, 5) is 14.4. The van der Waals surface area contributed by atoms with Crippen LogP contribution in [0.2, 0.25) is 8.67 Å². The molecule has 0 aromatic carbocycles. The highest BCUT2D eigenvalue weighted by molar-refractivity contribution is 7.20. The summed E-state index contributed by atoms with van der Waals surface area (Å²) in [6.45, 7) is 5.06. The lowest BCUT2D eigenvalue weighted by molar-refractivity contribution is 0.0852. The third kappa shape index (κ3) is 3.97. The maximum absolute atomic E-state index is 12.3. The predicted molar refractivity (Wildman–Crippen MR) is 87.3 cm³/mol. The molecule has 0 radical (unpaired) electrons. The molecule has 0 N–H and O–H groups in total. The summed E-state index contributed by atoms with van der Waals surface area (Å²) in [6, 6.07) is 2.18. The summed E-state index contributed by atoms with van der Waals surface area (Å²) in [5, 5.41) is 0.